The van der Waals surface area contributed by atoms with Crippen molar-refractivity contribution in [3.05, 3.63) is 94.7 Å². The van der Waals surface area contributed by atoms with Crippen LogP contribution in [0.2, 0.25) is 0 Å². The lowest BCUT2D eigenvalue weighted by atomic mass is 10.1. The van der Waals surface area contributed by atoms with Crippen molar-refractivity contribution >= 4 is 62.4 Å². The normalized spacial score (nSPS) is 13.5. The maximum absolute atomic E-state index is 13.1. The van der Waals surface area contributed by atoms with Gasteiger partial charge in [-0.15, -0.1) is 0 Å². The minimum atomic E-state index is -3.87. The number of amides is 3. The molecule has 0 fully saturated rings. The first-order valence-electron chi connectivity index (χ1n) is 10.8. The summed E-state index contributed by atoms with van der Waals surface area (Å²) in [6.07, 6.45) is 0. The van der Waals surface area contributed by atoms with Crippen LogP contribution in [0.1, 0.15) is 20.7 Å². The average molecular weight is 555 g/mol. The third-order valence-electron chi connectivity index (χ3n) is 5.39. The lowest BCUT2D eigenvalue weighted by Crippen LogP contribution is -2.32. The van der Waals surface area contributed by atoms with Gasteiger partial charge in [0.05, 0.1) is 23.3 Å². The first kappa shape index (κ1) is 26.5. The van der Waals surface area contributed by atoms with Crippen LogP contribution >= 0.6 is 11.6 Å². The molecule has 0 bridgehead atoms. The molecular formula is C25H19ClN4O7S. The summed E-state index contributed by atoms with van der Waals surface area (Å²) in [5.74, 6) is -2.71. The van der Waals surface area contributed by atoms with Crippen LogP contribution < -0.4 is 20.7 Å². The summed E-state index contributed by atoms with van der Waals surface area (Å²) in [4.78, 5) is 51.2. The van der Waals surface area contributed by atoms with E-state index in [9.17, 15) is 27.6 Å². The van der Waals surface area contributed by atoms with Crippen molar-refractivity contribution in [1.29, 1.82) is 0 Å². The highest BCUT2D eigenvalue weighted by Crippen LogP contribution is 2.31. The molecule has 1 aliphatic heterocycles. The maximum Gasteiger partial charge on any atom is 0.337 e. The molecule has 4 N–H and O–H groups in total. The number of imide groups is 1. The zero-order valence-corrected chi connectivity index (χ0v) is 21.2. The Labute approximate surface area is 221 Å². The Morgan fingerprint density at radius 2 is 1.55 bits per heavy atom. The molecule has 4 rings (SSSR count). The van der Waals surface area contributed by atoms with E-state index >= 15 is 0 Å². The quantitative estimate of drug-likeness (QED) is 0.296. The Kier molecular flexibility index (Phi) is 7.30. The van der Waals surface area contributed by atoms with Gasteiger partial charge in [-0.3, -0.25) is 14.4 Å². The highest BCUT2D eigenvalue weighted by Gasteiger charge is 2.39. The van der Waals surface area contributed by atoms with Crippen LogP contribution in [-0.2, 0) is 24.3 Å². The number of benzene rings is 3. The van der Waals surface area contributed by atoms with Gasteiger partial charge >= 0.3 is 5.97 Å². The molecule has 3 aromatic carbocycles. The highest BCUT2D eigenvalue weighted by molar-refractivity contribution is 7.89. The number of rotatable bonds is 7. The molecule has 194 valence electrons. The summed E-state index contributed by atoms with van der Waals surface area (Å²) < 4.78 is 27.5. The first-order valence-corrected chi connectivity index (χ1v) is 12.7. The van der Waals surface area contributed by atoms with Crippen molar-refractivity contribution in [2.24, 2.45) is 5.14 Å². The Morgan fingerprint density at radius 1 is 0.895 bits per heavy atom. The lowest BCUT2D eigenvalue weighted by Gasteiger charge is -2.16. The van der Waals surface area contributed by atoms with Crippen molar-refractivity contribution in [3.8, 4) is 0 Å². The van der Waals surface area contributed by atoms with E-state index < -0.39 is 33.7 Å². The van der Waals surface area contributed by atoms with Crippen molar-refractivity contribution < 1.29 is 32.3 Å². The third-order valence-corrected chi connectivity index (χ3v) is 6.67. The number of hydrogen-bond acceptors (Lipinski definition) is 8. The number of esters is 1. The second kappa shape index (κ2) is 10.5. The van der Waals surface area contributed by atoms with E-state index in [0.717, 1.165) is 4.90 Å². The summed E-state index contributed by atoms with van der Waals surface area (Å²) in [6.45, 7) is 0. The fourth-order valence-electron chi connectivity index (χ4n) is 3.55. The zero-order chi connectivity index (χ0) is 27.6. The number of nitrogens with zero attached hydrogens (tertiary/aromatic N) is 1. The van der Waals surface area contributed by atoms with E-state index in [4.69, 9.17) is 16.7 Å². The summed E-state index contributed by atoms with van der Waals surface area (Å²) in [7, 11) is -2.66. The van der Waals surface area contributed by atoms with E-state index in [1.165, 1.54) is 67.8 Å². The molecule has 0 spiro atoms. The van der Waals surface area contributed by atoms with E-state index in [1.54, 1.807) is 12.1 Å². The molecule has 0 saturated carbocycles. The van der Waals surface area contributed by atoms with Crippen LogP contribution in [0.5, 0.6) is 0 Å². The average Bonchev–Trinajstić information content (AvgIpc) is 3.11. The standard InChI is InChI=1S/C25H19ClN4O7S/c1-37-25(34)15-5-3-7-18(13-15)30-23(32)20(26)21(24(30)33)28-17-6-2-4-14(12-17)22(31)29-16-8-10-19(11-9-16)38(27,35)36/h2-13,28H,1H3,(H,29,31)(H2,27,35,36). The number of ether oxygens (including phenoxy) is 1. The number of nitrogens with one attached hydrogen (secondary N) is 2. The van der Waals surface area contributed by atoms with Gasteiger partial charge < -0.3 is 15.4 Å². The Bertz CT molecular complexity index is 1620. The highest BCUT2D eigenvalue weighted by atomic mass is 35.5. The van der Waals surface area contributed by atoms with Crippen LogP contribution in [0.3, 0.4) is 0 Å². The minimum absolute atomic E-state index is 0.103. The molecule has 3 aromatic rings. The smallest absolute Gasteiger partial charge is 0.337 e. The molecule has 0 aliphatic carbocycles. The third kappa shape index (κ3) is 5.42. The number of halogens is 1. The molecule has 0 radical (unpaired) electrons. The number of hydrogen-bond donors (Lipinski definition) is 3. The fraction of sp³-hybridized carbons (Fsp3) is 0.0400. The van der Waals surface area contributed by atoms with Crippen LogP contribution in [0, 0.1) is 0 Å². The molecule has 0 atom stereocenters. The van der Waals surface area contributed by atoms with Crippen molar-refractivity contribution in [3.63, 3.8) is 0 Å². The Hall–Kier alpha value is -4.52. The molecule has 0 unspecified atom stereocenters. The van der Waals surface area contributed by atoms with Gasteiger partial charge in [0.1, 0.15) is 10.7 Å². The Morgan fingerprint density at radius 3 is 2.21 bits per heavy atom. The van der Waals surface area contributed by atoms with E-state index in [0.29, 0.717) is 11.4 Å². The number of nitrogens with two attached hydrogens (primary N) is 1. The molecule has 38 heavy (non-hydrogen) atoms. The summed E-state index contributed by atoms with van der Waals surface area (Å²) in [5.41, 5.74) is 0.869. The van der Waals surface area contributed by atoms with E-state index in [-0.39, 0.29) is 32.4 Å². The van der Waals surface area contributed by atoms with Gasteiger partial charge in [-0.2, -0.15) is 0 Å². The number of sulfonamides is 1. The van der Waals surface area contributed by atoms with E-state index in [2.05, 4.69) is 15.4 Å². The van der Waals surface area contributed by atoms with Crippen LogP contribution in [0.4, 0.5) is 17.1 Å². The molecule has 1 heterocycles. The summed E-state index contributed by atoms with van der Waals surface area (Å²) in [6, 6.07) is 17.1. The fourth-order valence-corrected chi connectivity index (χ4v) is 4.28. The molecule has 1 aliphatic rings. The second-order valence-electron chi connectivity index (χ2n) is 7.91. The number of carbonyl (C=O) groups is 4. The molecule has 13 heteroatoms. The molecule has 11 nitrogen and oxygen atoms in total. The van der Waals surface area contributed by atoms with Crippen molar-refractivity contribution in [2.45, 2.75) is 4.90 Å². The number of primary sulfonamides is 1. The van der Waals surface area contributed by atoms with Gasteiger partial charge in [-0.1, -0.05) is 23.7 Å². The second-order valence-corrected chi connectivity index (χ2v) is 9.85. The molecule has 0 aromatic heterocycles. The molecule has 3 amide bonds. The van der Waals surface area contributed by atoms with Gasteiger partial charge in [0.2, 0.25) is 10.0 Å². The predicted octanol–water partition coefficient (Wildman–Crippen LogP) is 2.81. The summed E-state index contributed by atoms with van der Waals surface area (Å²) >= 11 is 6.18. The molecular weight excluding hydrogens is 536 g/mol. The van der Waals surface area contributed by atoms with Crippen LogP contribution in [0.15, 0.2) is 88.4 Å². The van der Waals surface area contributed by atoms with Gasteiger partial charge in [0, 0.05) is 16.9 Å². The molecule has 0 saturated heterocycles. The number of carbonyl (C=O) groups excluding carboxylic acids is 4. The van der Waals surface area contributed by atoms with Gasteiger partial charge in [0.25, 0.3) is 17.7 Å². The maximum atomic E-state index is 13.1. The van der Waals surface area contributed by atoms with Crippen molar-refractivity contribution in [2.75, 3.05) is 22.6 Å². The van der Waals surface area contributed by atoms with Gasteiger partial charge in [-0.25, -0.2) is 23.3 Å². The number of anilines is 3. The number of methoxy groups -OCH3 is 1. The van der Waals surface area contributed by atoms with Crippen LogP contribution in [-0.4, -0.2) is 39.2 Å². The minimum Gasteiger partial charge on any atom is -0.465 e. The Balaban J connectivity index is 1.52. The lowest BCUT2D eigenvalue weighted by molar-refractivity contribution is -0.120. The van der Waals surface area contributed by atoms with Crippen molar-refractivity contribution in [1.82, 2.24) is 0 Å². The van der Waals surface area contributed by atoms with E-state index in [1.807, 2.05) is 0 Å². The van der Waals surface area contributed by atoms with Gasteiger partial charge in [0.15, 0.2) is 0 Å². The first-order chi connectivity index (χ1) is 18.0. The topological polar surface area (TPSA) is 165 Å². The van der Waals surface area contributed by atoms with Crippen LogP contribution in [0.25, 0.3) is 0 Å². The van der Waals surface area contributed by atoms with Gasteiger partial charge in [-0.05, 0) is 60.7 Å². The summed E-state index contributed by atoms with van der Waals surface area (Å²) in [5, 5.41) is 10.1. The monoisotopic (exact) mass is 554 g/mol. The largest absolute Gasteiger partial charge is 0.465 e. The zero-order valence-electron chi connectivity index (χ0n) is 19.6. The SMILES string of the molecule is COC(=O)c1cccc(N2C(=O)C(Cl)=C(Nc3cccc(C(=O)Nc4ccc(S(N)(=O)=O)cc4)c3)C2=O)c1. The predicted molar refractivity (Wildman–Crippen MR) is 139 cm³/mol.